The lowest BCUT2D eigenvalue weighted by Crippen LogP contribution is -1.96. The summed E-state index contributed by atoms with van der Waals surface area (Å²) >= 11 is 0. The topological polar surface area (TPSA) is 52.3 Å². The quantitative estimate of drug-likeness (QED) is 0.428. The van der Waals surface area contributed by atoms with Gasteiger partial charge in [-0.2, -0.15) is 0 Å². The van der Waals surface area contributed by atoms with Crippen LogP contribution in [-0.4, -0.2) is 25.5 Å². The highest BCUT2D eigenvalue weighted by atomic mass is 16.5. The molecule has 0 spiro atoms. The lowest BCUT2D eigenvalue weighted by Gasteiger charge is -1.98. The number of unbranched alkanes of at least 4 members (excludes halogenated alkanes) is 6. The van der Waals surface area contributed by atoms with Crippen molar-refractivity contribution in [3.05, 3.63) is 0 Å². The minimum absolute atomic E-state index is 0.469. The normalized spacial score (nSPS) is 9.48. The Morgan fingerprint density at radius 2 is 1.09 bits per heavy atom. The smallest absolute Gasteiger partial charge is 0.132 e. The van der Waals surface area contributed by atoms with E-state index in [0.717, 1.165) is 45.4 Å². The summed E-state index contributed by atoms with van der Waals surface area (Å²) in [4.78, 5) is 11.2. The van der Waals surface area contributed by atoms with Crippen LogP contribution >= 0.6 is 0 Å². The second-order valence-corrected chi connectivity index (χ2v) is 5.73. The third-order valence-corrected chi connectivity index (χ3v) is 3.33. The number of carbonyl (C=O) groups excluding carboxylic acids is 1. The van der Waals surface area contributed by atoms with E-state index in [-0.39, 0.29) is 0 Å². The molecule has 0 saturated heterocycles. The van der Waals surface area contributed by atoms with Gasteiger partial charge in [0, 0.05) is 26.1 Å². The van der Waals surface area contributed by atoms with E-state index in [0.29, 0.717) is 5.78 Å². The number of hydrogen-bond donors (Lipinski definition) is 1. The first kappa shape index (κ1) is 27.4. The monoisotopic (exact) mass is 331 g/mol. The van der Waals surface area contributed by atoms with Gasteiger partial charge in [0.1, 0.15) is 5.78 Å². The van der Waals surface area contributed by atoms with E-state index in [2.05, 4.69) is 20.8 Å². The van der Waals surface area contributed by atoms with Gasteiger partial charge in [-0.15, -0.1) is 0 Å². The van der Waals surface area contributed by atoms with Crippen LogP contribution in [-0.2, 0) is 9.53 Å². The predicted molar refractivity (Wildman–Crippen MR) is 104 cm³/mol. The fourth-order valence-electron chi connectivity index (χ4n) is 1.87. The summed E-state index contributed by atoms with van der Waals surface area (Å²) in [6, 6.07) is 0. The molecular weight excluding hydrogens is 286 g/mol. The van der Waals surface area contributed by atoms with Crippen LogP contribution in [0.3, 0.4) is 0 Å². The third-order valence-electron chi connectivity index (χ3n) is 3.33. The molecule has 0 heterocycles. The van der Waals surface area contributed by atoms with Crippen molar-refractivity contribution >= 4 is 5.78 Å². The summed E-state index contributed by atoms with van der Waals surface area (Å²) in [6.07, 6.45) is 12.4. The molecule has 0 fully saturated rings. The maximum Gasteiger partial charge on any atom is 0.132 e. The number of hydrogen-bond acceptors (Lipinski definition) is 3. The highest BCUT2D eigenvalue weighted by Crippen LogP contribution is 2.05. The Labute approximate surface area is 146 Å². The van der Waals surface area contributed by atoms with E-state index in [9.17, 15) is 4.79 Å². The van der Waals surface area contributed by atoms with Gasteiger partial charge in [-0.1, -0.05) is 59.3 Å². The summed E-state index contributed by atoms with van der Waals surface area (Å²) < 4.78 is 4.83. The lowest BCUT2D eigenvalue weighted by molar-refractivity contribution is -0.119. The molecule has 0 radical (unpaired) electrons. The number of carbonyl (C=O) groups is 1. The molecule has 0 saturated carbocycles. The Balaban J connectivity index is -0.000000303. The van der Waals surface area contributed by atoms with Crippen LogP contribution in [0.15, 0.2) is 0 Å². The van der Waals surface area contributed by atoms with Crippen LogP contribution in [0.4, 0.5) is 0 Å². The minimum Gasteiger partial charge on any atom is -0.382 e. The molecule has 0 aromatic heterocycles. The van der Waals surface area contributed by atoms with Gasteiger partial charge in [0.15, 0.2) is 0 Å². The Kier molecular flexibility index (Phi) is 35.3. The molecule has 2 N–H and O–H groups in total. The van der Waals surface area contributed by atoms with Crippen molar-refractivity contribution in [3.63, 3.8) is 0 Å². The fourth-order valence-corrected chi connectivity index (χ4v) is 1.87. The first-order chi connectivity index (χ1) is 11.1. The number of nitrogens with two attached hydrogens (primary N) is 1. The van der Waals surface area contributed by atoms with E-state index < -0.39 is 0 Å². The van der Waals surface area contributed by atoms with Crippen molar-refractivity contribution in [2.75, 3.05) is 19.8 Å². The van der Waals surface area contributed by atoms with Crippen molar-refractivity contribution in [1.82, 2.24) is 0 Å². The van der Waals surface area contributed by atoms with E-state index >= 15 is 0 Å². The minimum atomic E-state index is 0.469. The summed E-state index contributed by atoms with van der Waals surface area (Å²) in [7, 11) is 0. The maximum atomic E-state index is 11.2. The molecular formula is C20H45NO2. The summed E-state index contributed by atoms with van der Waals surface area (Å²) in [5.41, 5.74) is 5.21. The standard InChI is InChI=1S/C11H22O.C5H13N.C4H10O/c1-3-5-7-9-11(12)10-8-6-4-2;1-2-3-4-5-6;1-3-5-4-2/h3-10H2,1-2H3;2-6H2,1H3;3-4H2,1-2H3. The molecule has 0 aromatic carbocycles. The van der Waals surface area contributed by atoms with Crippen LogP contribution in [0, 0.1) is 0 Å². The second-order valence-electron chi connectivity index (χ2n) is 5.73. The Hall–Kier alpha value is -0.410. The predicted octanol–water partition coefficient (Wildman–Crippen LogP) is 5.89. The average Bonchev–Trinajstić information content (AvgIpc) is 2.55. The van der Waals surface area contributed by atoms with Crippen LogP contribution < -0.4 is 5.73 Å². The van der Waals surface area contributed by atoms with E-state index in [1.807, 2.05) is 13.8 Å². The van der Waals surface area contributed by atoms with Gasteiger partial charge in [0.2, 0.25) is 0 Å². The molecule has 0 aliphatic rings. The summed E-state index contributed by atoms with van der Waals surface area (Å²) in [6.45, 7) is 13.0. The highest BCUT2D eigenvalue weighted by molar-refractivity contribution is 5.78. The molecule has 0 amide bonds. The molecule has 3 heteroatoms. The molecule has 0 aliphatic heterocycles. The maximum absolute atomic E-state index is 11.2. The van der Waals surface area contributed by atoms with Crippen LogP contribution in [0.1, 0.15) is 105 Å². The Bertz CT molecular complexity index is 178. The number of Topliss-reactive ketones (excluding diaryl/α,β-unsaturated/α-hetero) is 1. The van der Waals surface area contributed by atoms with E-state index in [4.69, 9.17) is 10.5 Å². The number of ether oxygens (including phenoxy) is 1. The van der Waals surface area contributed by atoms with E-state index in [1.165, 1.54) is 44.9 Å². The number of ketones is 1. The van der Waals surface area contributed by atoms with Gasteiger partial charge >= 0.3 is 0 Å². The van der Waals surface area contributed by atoms with Crippen molar-refractivity contribution in [2.45, 2.75) is 105 Å². The molecule has 0 aliphatic carbocycles. The molecule has 0 rings (SSSR count). The van der Waals surface area contributed by atoms with Crippen molar-refractivity contribution in [1.29, 1.82) is 0 Å². The van der Waals surface area contributed by atoms with Crippen molar-refractivity contribution in [3.8, 4) is 0 Å². The molecule has 0 bridgehead atoms. The van der Waals surface area contributed by atoms with Crippen molar-refractivity contribution < 1.29 is 9.53 Å². The zero-order valence-corrected chi connectivity index (χ0v) is 16.8. The molecule has 142 valence electrons. The molecule has 3 nitrogen and oxygen atoms in total. The summed E-state index contributed by atoms with van der Waals surface area (Å²) in [5, 5.41) is 0. The van der Waals surface area contributed by atoms with Crippen molar-refractivity contribution in [2.24, 2.45) is 5.73 Å². The fraction of sp³-hybridized carbons (Fsp3) is 0.950. The molecule has 0 atom stereocenters. The largest absolute Gasteiger partial charge is 0.382 e. The van der Waals surface area contributed by atoms with Gasteiger partial charge in [-0.05, 0) is 39.7 Å². The van der Waals surface area contributed by atoms with Gasteiger partial charge in [-0.3, -0.25) is 4.79 Å². The highest BCUT2D eigenvalue weighted by Gasteiger charge is 1.99. The average molecular weight is 332 g/mol. The second kappa shape index (κ2) is 29.6. The molecule has 0 aromatic rings. The van der Waals surface area contributed by atoms with Crippen LogP contribution in [0.25, 0.3) is 0 Å². The Morgan fingerprint density at radius 3 is 1.30 bits per heavy atom. The zero-order chi connectivity index (χ0) is 18.2. The Morgan fingerprint density at radius 1 is 0.696 bits per heavy atom. The molecule has 23 heavy (non-hydrogen) atoms. The summed E-state index contributed by atoms with van der Waals surface area (Å²) in [5.74, 6) is 0.469. The third kappa shape index (κ3) is 38.9. The molecule has 0 unspecified atom stereocenters. The van der Waals surface area contributed by atoms with Crippen LogP contribution in [0.5, 0.6) is 0 Å². The lowest BCUT2D eigenvalue weighted by atomic mass is 10.1. The number of rotatable bonds is 13. The van der Waals surface area contributed by atoms with E-state index in [1.54, 1.807) is 0 Å². The van der Waals surface area contributed by atoms with Crippen LogP contribution in [0.2, 0.25) is 0 Å². The van der Waals surface area contributed by atoms with Gasteiger partial charge in [-0.25, -0.2) is 0 Å². The first-order valence-electron chi connectivity index (χ1n) is 9.93. The van der Waals surface area contributed by atoms with Gasteiger partial charge < -0.3 is 10.5 Å². The van der Waals surface area contributed by atoms with Gasteiger partial charge in [0.25, 0.3) is 0 Å². The van der Waals surface area contributed by atoms with Gasteiger partial charge in [0.05, 0.1) is 0 Å². The first-order valence-corrected chi connectivity index (χ1v) is 9.93. The zero-order valence-electron chi connectivity index (χ0n) is 16.8. The SMILES string of the molecule is CCCCCC(=O)CCCCC.CCCCCN.CCOCC.